The number of rotatable bonds is 1. The van der Waals surface area contributed by atoms with Gasteiger partial charge < -0.3 is 4.74 Å². The van der Waals surface area contributed by atoms with E-state index >= 15 is 0 Å². The Balaban J connectivity index is 2.19. The second-order valence-electron chi connectivity index (χ2n) is 4.14. The molecule has 0 bridgehead atoms. The predicted molar refractivity (Wildman–Crippen MR) is 68.5 cm³/mol. The molecule has 0 fully saturated rings. The van der Waals surface area contributed by atoms with Crippen molar-refractivity contribution < 1.29 is 4.74 Å². The molecule has 0 unspecified atom stereocenters. The van der Waals surface area contributed by atoms with Crippen LogP contribution in [0.4, 0.5) is 0 Å². The Morgan fingerprint density at radius 1 is 0.875 bits per heavy atom. The van der Waals surface area contributed by atoms with E-state index in [1.54, 1.807) is 0 Å². The first kappa shape index (κ1) is 9.53. The van der Waals surface area contributed by atoms with Gasteiger partial charge in [0.15, 0.2) is 0 Å². The Labute approximate surface area is 96.1 Å². The lowest BCUT2D eigenvalue weighted by molar-refractivity contribution is 0.487. The number of para-hydroxylation sites is 2. The van der Waals surface area contributed by atoms with Crippen LogP contribution in [-0.4, -0.2) is 6.71 Å². The van der Waals surface area contributed by atoms with Gasteiger partial charge in [0.2, 0.25) is 6.71 Å². The minimum atomic E-state index is 0.473. The maximum atomic E-state index is 5.91. The van der Waals surface area contributed by atoms with Crippen LogP contribution in [0.15, 0.2) is 48.5 Å². The average Bonchev–Trinajstić information content (AvgIpc) is 2.36. The maximum Gasteiger partial charge on any atom is 0.218 e. The molecule has 0 spiro atoms. The summed E-state index contributed by atoms with van der Waals surface area (Å²) in [6.45, 7) is 2.70. The van der Waals surface area contributed by atoms with Crippen LogP contribution in [0, 0.1) is 0 Å². The van der Waals surface area contributed by atoms with Gasteiger partial charge in [0.1, 0.15) is 11.5 Å². The fourth-order valence-corrected chi connectivity index (χ4v) is 2.45. The summed E-state index contributed by atoms with van der Waals surface area (Å²) >= 11 is 0. The molecule has 2 aromatic rings. The molecule has 0 saturated carbocycles. The molecule has 1 aliphatic rings. The number of fused-ring (bicyclic) bond motifs is 2. The molecular formula is C14H13BO. The molecule has 1 heterocycles. The van der Waals surface area contributed by atoms with Gasteiger partial charge in [-0.15, -0.1) is 0 Å². The predicted octanol–water partition coefficient (Wildman–Crippen LogP) is 2.42. The highest BCUT2D eigenvalue weighted by molar-refractivity contribution is 6.86. The van der Waals surface area contributed by atoms with E-state index in [0.717, 1.165) is 17.8 Å². The number of ether oxygens (including phenoxy) is 1. The standard InChI is InChI=1S/C14H13BO/c1-2-15-11-7-3-5-9-13(11)16-14-10-6-4-8-12(14)15/h3-10H,2H2,1H3. The van der Waals surface area contributed by atoms with Crippen LogP contribution in [0.5, 0.6) is 11.5 Å². The van der Waals surface area contributed by atoms with Crippen molar-refractivity contribution in [3.63, 3.8) is 0 Å². The third kappa shape index (κ3) is 1.34. The van der Waals surface area contributed by atoms with Gasteiger partial charge in [0.05, 0.1) is 0 Å². The molecular weight excluding hydrogens is 195 g/mol. The molecule has 0 radical (unpaired) electrons. The molecule has 2 heteroatoms. The van der Waals surface area contributed by atoms with E-state index in [-0.39, 0.29) is 0 Å². The first-order valence-corrected chi connectivity index (χ1v) is 5.76. The van der Waals surface area contributed by atoms with Crippen molar-refractivity contribution in [1.29, 1.82) is 0 Å². The quantitative estimate of drug-likeness (QED) is 0.654. The van der Waals surface area contributed by atoms with Gasteiger partial charge >= 0.3 is 0 Å². The summed E-state index contributed by atoms with van der Waals surface area (Å²) in [6.07, 6.45) is 1.11. The third-order valence-electron chi connectivity index (χ3n) is 3.22. The van der Waals surface area contributed by atoms with E-state index in [2.05, 4.69) is 31.2 Å². The maximum absolute atomic E-state index is 5.91. The molecule has 2 aromatic carbocycles. The minimum absolute atomic E-state index is 0.473. The highest BCUT2D eigenvalue weighted by atomic mass is 16.5. The monoisotopic (exact) mass is 208 g/mol. The third-order valence-corrected chi connectivity index (χ3v) is 3.22. The number of hydrogen-bond acceptors (Lipinski definition) is 1. The van der Waals surface area contributed by atoms with Crippen molar-refractivity contribution in [2.24, 2.45) is 0 Å². The first-order valence-electron chi connectivity index (χ1n) is 5.76. The van der Waals surface area contributed by atoms with Gasteiger partial charge in [-0.2, -0.15) is 0 Å². The summed E-state index contributed by atoms with van der Waals surface area (Å²) in [5.41, 5.74) is 2.62. The van der Waals surface area contributed by atoms with Crippen LogP contribution < -0.4 is 15.7 Å². The average molecular weight is 208 g/mol. The van der Waals surface area contributed by atoms with Crippen LogP contribution >= 0.6 is 0 Å². The molecule has 0 atom stereocenters. The Morgan fingerprint density at radius 2 is 1.38 bits per heavy atom. The highest BCUT2D eigenvalue weighted by Gasteiger charge is 2.28. The van der Waals surface area contributed by atoms with E-state index in [0.29, 0.717) is 6.71 Å². The molecule has 0 aliphatic carbocycles. The van der Waals surface area contributed by atoms with Gasteiger partial charge in [0.25, 0.3) is 0 Å². The van der Waals surface area contributed by atoms with Crippen molar-refractivity contribution in [2.45, 2.75) is 13.2 Å². The summed E-state index contributed by atoms with van der Waals surface area (Å²) in [5, 5.41) is 0. The zero-order valence-corrected chi connectivity index (χ0v) is 9.31. The molecule has 0 amide bonds. The molecule has 0 aromatic heterocycles. The van der Waals surface area contributed by atoms with Crippen LogP contribution in [0.1, 0.15) is 6.92 Å². The fourth-order valence-electron chi connectivity index (χ4n) is 2.45. The lowest BCUT2D eigenvalue weighted by Gasteiger charge is -2.25. The van der Waals surface area contributed by atoms with Gasteiger partial charge in [-0.3, -0.25) is 0 Å². The molecule has 1 nitrogen and oxygen atoms in total. The van der Waals surface area contributed by atoms with E-state index < -0.39 is 0 Å². The number of benzene rings is 2. The van der Waals surface area contributed by atoms with Crippen molar-refractivity contribution >= 4 is 17.6 Å². The second kappa shape index (κ2) is 3.71. The molecule has 16 heavy (non-hydrogen) atoms. The molecule has 1 aliphatic heterocycles. The summed E-state index contributed by atoms with van der Waals surface area (Å²) in [6, 6.07) is 16.7. The Morgan fingerprint density at radius 3 is 1.88 bits per heavy atom. The topological polar surface area (TPSA) is 9.23 Å². The Hall–Kier alpha value is -1.70. The van der Waals surface area contributed by atoms with E-state index in [4.69, 9.17) is 4.74 Å². The van der Waals surface area contributed by atoms with Crippen molar-refractivity contribution in [3.8, 4) is 11.5 Å². The SMILES string of the molecule is CCB1c2ccccc2Oc2ccccc21. The minimum Gasteiger partial charge on any atom is -0.458 e. The van der Waals surface area contributed by atoms with E-state index in [1.807, 2.05) is 24.3 Å². The van der Waals surface area contributed by atoms with Gasteiger partial charge in [-0.1, -0.05) is 49.6 Å². The van der Waals surface area contributed by atoms with Gasteiger partial charge in [0, 0.05) is 0 Å². The lowest BCUT2D eigenvalue weighted by atomic mass is 9.38. The summed E-state index contributed by atoms with van der Waals surface area (Å²) < 4.78 is 5.91. The smallest absolute Gasteiger partial charge is 0.218 e. The molecule has 0 saturated heterocycles. The summed E-state index contributed by atoms with van der Waals surface area (Å²) in [4.78, 5) is 0. The zero-order chi connectivity index (χ0) is 11.0. The lowest BCUT2D eigenvalue weighted by Crippen LogP contribution is -2.45. The largest absolute Gasteiger partial charge is 0.458 e. The highest BCUT2D eigenvalue weighted by Crippen LogP contribution is 2.24. The van der Waals surface area contributed by atoms with E-state index in [1.165, 1.54) is 10.9 Å². The molecule has 78 valence electrons. The molecule has 0 N–H and O–H groups in total. The Kier molecular flexibility index (Phi) is 2.21. The van der Waals surface area contributed by atoms with Crippen molar-refractivity contribution in [2.75, 3.05) is 0 Å². The molecule has 3 rings (SSSR count). The van der Waals surface area contributed by atoms with Gasteiger partial charge in [-0.05, 0) is 23.1 Å². The van der Waals surface area contributed by atoms with Crippen LogP contribution in [0.25, 0.3) is 0 Å². The van der Waals surface area contributed by atoms with Crippen molar-refractivity contribution in [1.82, 2.24) is 0 Å². The number of hydrogen-bond donors (Lipinski definition) is 0. The summed E-state index contributed by atoms with van der Waals surface area (Å²) in [7, 11) is 0. The summed E-state index contributed by atoms with van der Waals surface area (Å²) in [5.74, 6) is 2.01. The fraction of sp³-hybridized carbons (Fsp3) is 0.143. The van der Waals surface area contributed by atoms with Crippen LogP contribution in [0.2, 0.25) is 6.32 Å². The normalized spacial score (nSPS) is 12.7. The van der Waals surface area contributed by atoms with Crippen LogP contribution in [0.3, 0.4) is 0 Å². The first-order chi connectivity index (χ1) is 7.90. The van der Waals surface area contributed by atoms with Gasteiger partial charge in [-0.25, -0.2) is 0 Å². The second-order valence-corrected chi connectivity index (χ2v) is 4.14. The zero-order valence-electron chi connectivity index (χ0n) is 9.31. The Bertz CT molecular complexity index is 476. The van der Waals surface area contributed by atoms with Crippen LogP contribution in [-0.2, 0) is 0 Å². The van der Waals surface area contributed by atoms with Crippen molar-refractivity contribution in [3.05, 3.63) is 48.5 Å². The van der Waals surface area contributed by atoms with E-state index in [9.17, 15) is 0 Å².